The summed E-state index contributed by atoms with van der Waals surface area (Å²) < 4.78 is 0. The van der Waals surface area contributed by atoms with Crippen LogP contribution in [0.15, 0.2) is 36.7 Å². The average molecular weight is 218 g/mol. The predicted octanol–water partition coefficient (Wildman–Crippen LogP) is 2.96. The van der Waals surface area contributed by atoms with Crippen LogP contribution >= 0.6 is 0 Å². The lowest BCUT2D eigenvalue weighted by Crippen LogP contribution is -2.36. The molecular weight excluding hydrogens is 196 g/mol. The first-order valence-electron chi connectivity index (χ1n) is 5.87. The van der Waals surface area contributed by atoms with Crippen molar-refractivity contribution in [1.82, 2.24) is 10.3 Å². The van der Waals surface area contributed by atoms with Gasteiger partial charge in [0.25, 0.3) is 0 Å². The van der Waals surface area contributed by atoms with Gasteiger partial charge in [-0.2, -0.15) is 0 Å². The third kappa shape index (κ3) is 6.36. The monoisotopic (exact) mass is 218 g/mol. The molecule has 0 saturated heterocycles. The van der Waals surface area contributed by atoms with Crippen LogP contribution in [-0.4, -0.2) is 17.1 Å². The van der Waals surface area contributed by atoms with Gasteiger partial charge in [0.2, 0.25) is 0 Å². The highest BCUT2D eigenvalue weighted by Crippen LogP contribution is 2.00. The Morgan fingerprint density at radius 3 is 2.50 bits per heavy atom. The molecule has 0 fully saturated rings. The maximum atomic E-state index is 4.00. The zero-order chi connectivity index (χ0) is 11.9. The number of nitrogens with zero attached hydrogens (tertiary/aromatic N) is 1. The molecule has 88 valence electrons. The molecule has 0 aliphatic heterocycles. The van der Waals surface area contributed by atoms with Gasteiger partial charge in [-0.1, -0.05) is 12.2 Å². The fourth-order valence-electron chi connectivity index (χ4n) is 1.39. The third-order valence-electron chi connectivity index (χ3n) is 2.24. The molecule has 1 N–H and O–H groups in total. The molecule has 1 rings (SSSR count). The second-order valence-electron chi connectivity index (χ2n) is 5.00. The first-order chi connectivity index (χ1) is 7.58. The highest BCUT2D eigenvalue weighted by Gasteiger charge is 2.05. The normalized spacial score (nSPS) is 12.2. The summed E-state index contributed by atoms with van der Waals surface area (Å²) in [5.41, 5.74) is 1.54. The number of allylic oxidation sites excluding steroid dienone is 1. The van der Waals surface area contributed by atoms with Crippen molar-refractivity contribution in [3.63, 3.8) is 0 Å². The zero-order valence-corrected chi connectivity index (χ0v) is 10.5. The number of pyridine rings is 1. The third-order valence-corrected chi connectivity index (χ3v) is 2.24. The van der Waals surface area contributed by atoms with Crippen LogP contribution in [0.25, 0.3) is 0 Å². The highest BCUT2D eigenvalue weighted by molar-refractivity contribution is 5.13. The van der Waals surface area contributed by atoms with Crippen molar-refractivity contribution in [3.8, 4) is 0 Å². The van der Waals surface area contributed by atoms with Gasteiger partial charge in [0.05, 0.1) is 0 Å². The van der Waals surface area contributed by atoms with Gasteiger partial charge >= 0.3 is 0 Å². The van der Waals surface area contributed by atoms with Crippen LogP contribution in [-0.2, 0) is 6.42 Å². The Kier molecular flexibility index (Phi) is 5.20. The molecule has 1 aromatic rings. The van der Waals surface area contributed by atoms with Crippen LogP contribution in [0, 0.1) is 0 Å². The summed E-state index contributed by atoms with van der Waals surface area (Å²) in [5.74, 6) is 0. The highest BCUT2D eigenvalue weighted by atomic mass is 14.9. The van der Waals surface area contributed by atoms with Crippen molar-refractivity contribution in [2.75, 3.05) is 6.54 Å². The maximum Gasteiger partial charge on any atom is 0.0270 e. The van der Waals surface area contributed by atoms with E-state index in [0.717, 1.165) is 19.4 Å². The lowest BCUT2D eigenvalue weighted by molar-refractivity contribution is 0.431. The molecule has 0 atom stereocenters. The van der Waals surface area contributed by atoms with Crippen molar-refractivity contribution in [2.45, 2.75) is 39.2 Å². The molecule has 0 amide bonds. The van der Waals surface area contributed by atoms with E-state index in [-0.39, 0.29) is 5.54 Å². The van der Waals surface area contributed by atoms with E-state index in [1.54, 1.807) is 0 Å². The number of aromatic nitrogens is 1. The van der Waals surface area contributed by atoms with Crippen molar-refractivity contribution in [1.29, 1.82) is 0 Å². The summed E-state index contributed by atoms with van der Waals surface area (Å²) in [5, 5.41) is 3.46. The van der Waals surface area contributed by atoms with Crippen molar-refractivity contribution >= 4 is 0 Å². The van der Waals surface area contributed by atoms with E-state index in [4.69, 9.17) is 0 Å². The van der Waals surface area contributed by atoms with Crippen molar-refractivity contribution in [3.05, 3.63) is 42.2 Å². The predicted molar refractivity (Wildman–Crippen MR) is 69.5 cm³/mol. The van der Waals surface area contributed by atoms with E-state index in [1.807, 2.05) is 12.4 Å². The zero-order valence-electron chi connectivity index (χ0n) is 10.5. The minimum Gasteiger partial charge on any atom is -0.312 e. The molecule has 0 radical (unpaired) electrons. The summed E-state index contributed by atoms with van der Waals surface area (Å²) >= 11 is 0. The van der Waals surface area contributed by atoms with Gasteiger partial charge in [-0.3, -0.25) is 4.98 Å². The lowest BCUT2D eigenvalue weighted by atomic mass is 10.1. The topological polar surface area (TPSA) is 24.9 Å². The van der Waals surface area contributed by atoms with Crippen LogP contribution in [0.5, 0.6) is 0 Å². The molecule has 2 nitrogen and oxygen atoms in total. The van der Waals surface area contributed by atoms with Crippen LogP contribution in [0.4, 0.5) is 0 Å². The molecule has 0 spiro atoms. The Balaban J connectivity index is 2.14. The number of hydrogen-bond acceptors (Lipinski definition) is 2. The van der Waals surface area contributed by atoms with E-state index in [9.17, 15) is 0 Å². The van der Waals surface area contributed by atoms with Crippen LogP contribution < -0.4 is 5.32 Å². The lowest BCUT2D eigenvalue weighted by Gasteiger charge is -2.19. The van der Waals surface area contributed by atoms with Crippen molar-refractivity contribution < 1.29 is 0 Å². The first kappa shape index (κ1) is 12.9. The van der Waals surface area contributed by atoms with E-state index >= 15 is 0 Å². The fourth-order valence-corrected chi connectivity index (χ4v) is 1.39. The minimum atomic E-state index is 0.221. The second kappa shape index (κ2) is 6.44. The summed E-state index contributed by atoms with van der Waals surface area (Å²) in [6, 6.07) is 4.11. The van der Waals surface area contributed by atoms with Gasteiger partial charge in [-0.05, 0) is 57.9 Å². The smallest absolute Gasteiger partial charge is 0.0270 e. The SMILES string of the molecule is CC(C)(C)NCCC=CCc1ccncc1. The van der Waals surface area contributed by atoms with Crippen molar-refractivity contribution in [2.24, 2.45) is 0 Å². The van der Waals surface area contributed by atoms with Gasteiger partial charge in [-0.15, -0.1) is 0 Å². The van der Waals surface area contributed by atoms with Crippen LogP contribution in [0.3, 0.4) is 0 Å². The Morgan fingerprint density at radius 2 is 1.88 bits per heavy atom. The largest absolute Gasteiger partial charge is 0.312 e. The van der Waals surface area contributed by atoms with Crippen LogP contribution in [0.1, 0.15) is 32.8 Å². The molecule has 0 saturated carbocycles. The summed E-state index contributed by atoms with van der Waals surface area (Å²) in [7, 11) is 0. The molecule has 1 heterocycles. The molecule has 0 aliphatic rings. The van der Waals surface area contributed by atoms with Gasteiger partial charge < -0.3 is 5.32 Å². The van der Waals surface area contributed by atoms with Gasteiger partial charge in [-0.25, -0.2) is 0 Å². The quantitative estimate of drug-likeness (QED) is 0.607. The standard InChI is InChI=1S/C14H22N2/c1-14(2,3)16-10-6-4-5-7-13-8-11-15-12-9-13/h4-5,8-9,11-12,16H,6-7,10H2,1-3H3. The van der Waals surface area contributed by atoms with E-state index in [2.05, 4.69) is 55.4 Å². The maximum absolute atomic E-state index is 4.00. The fraction of sp³-hybridized carbons (Fsp3) is 0.500. The molecule has 0 unspecified atom stereocenters. The summed E-state index contributed by atoms with van der Waals surface area (Å²) in [6.45, 7) is 7.60. The molecular formula is C14H22N2. The number of nitrogens with one attached hydrogen (secondary N) is 1. The Hall–Kier alpha value is -1.15. The Morgan fingerprint density at radius 1 is 1.19 bits per heavy atom. The average Bonchev–Trinajstić information content (AvgIpc) is 2.23. The van der Waals surface area contributed by atoms with E-state index in [0.29, 0.717) is 0 Å². The molecule has 16 heavy (non-hydrogen) atoms. The van der Waals surface area contributed by atoms with E-state index < -0.39 is 0 Å². The second-order valence-corrected chi connectivity index (χ2v) is 5.00. The van der Waals surface area contributed by atoms with E-state index in [1.165, 1.54) is 5.56 Å². The van der Waals surface area contributed by atoms with Gasteiger partial charge in [0.15, 0.2) is 0 Å². The molecule has 0 bridgehead atoms. The molecule has 2 heteroatoms. The molecule has 0 aromatic carbocycles. The van der Waals surface area contributed by atoms with Gasteiger partial charge in [0, 0.05) is 17.9 Å². The molecule has 1 aromatic heterocycles. The Bertz CT molecular complexity index is 309. The van der Waals surface area contributed by atoms with Crippen LogP contribution in [0.2, 0.25) is 0 Å². The first-order valence-corrected chi connectivity index (χ1v) is 5.87. The summed E-state index contributed by atoms with van der Waals surface area (Å²) in [4.78, 5) is 4.00. The minimum absolute atomic E-state index is 0.221. The number of rotatable bonds is 5. The number of hydrogen-bond donors (Lipinski definition) is 1. The Labute approximate surface area is 98.8 Å². The molecule has 0 aliphatic carbocycles. The summed E-state index contributed by atoms with van der Waals surface area (Å²) in [6.07, 6.45) is 10.2. The van der Waals surface area contributed by atoms with Gasteiger partial charge in [0.1, 0.15) is 0 Å².